The minimum atomic E-state index is -0.0135. The summed E-state index contributed by atoms with van der Waals surface area (Å²) in [6.45, 7) is 3.02. The van der Waals surface area contributed by atoms with Crippen molar-refractivity contribution in [2.75, 3.05) is 37.9 Å². The quantitative estimate of drug-likeness (QED) is 0.787. The second-order valence-corrected chi connectivity index (χ2v) is 6.04. The van der Waals surface area contributed by atoms with Crippen LogP contribution in [0.3, 0.4) is 0 Å². The van der Waals surface area contributed by atoms with Crippen LogP contribution >= 0.6 is 11.8 Å². The topological polar surface area (TPSA) is 58.4 Å². The molecule has 3 N–H and O–H groups in total. The van der Waals surface area contributed by atoms with Gasteiger partial charge in [0.2, 0.25) is 0 Å². The number of rotatable bonds is 6. The lowest BCUT2D eigenvalue weighted by atomic mass is 10.1. The number of nitrogens with one attached hydrogen (secondary N) is 1. The Balaban J connectivity index is 2.80. The number of thioether (sulfide) groups is 1. The SMILES string of the molecule is CSC(C)CCNc1cc(N)ccc1C(=O)N(C)C. The lowest BCUT2D eigenvalue weighted by Crippen LogP contribution is -2.23. The van der Waals surface area contributed by atoms with E-state index in [0.29, 0.717) is 16.5 Å². The standard InChI is InChI=1S/C14H23N3OS/c1-10(19-4)7-8-16-13-9-11(15)5-6-12(13)14(18)17(2)3/h5-6,9-10,16H,7-8,15H2,1-4H3. The molecule has 0 aliphatic rings. The van der Waals surface area contributed by atoms with Crippen LogP contribution in [0.2, 0.25) is 0 Å². The van der Waals surface area contributed by atoms with Gasteiger partial charge in [0.1, 0.15) is 0 Å². The van der Waals surface area contributed by atoms with Crippen molar-refractivity contribution in [1.82, 2.24) is 4.90 Å². The van der Waals surface area contributed by atoms with E-state index in [2.05, 4.69) is 18.5 Å². The van der Waals surface area contributed by atoms with E-state index in [1.807, 2.05) is 17.8 Å². The van der Waals surface area contributed by atoms with Gasteiger partial charge in [0.15, 0.2) is 0 Å². The fraction of sp³-hybridized carbons (Fsp3) is 0.500. The van der Waals surface area contributed by atoms with E-state index in [4.69, 9.17) is 5.73 Å². The van der Waals surface area contributed by atoms with Crippen molar-refractivity contribution in [3.05, 3.63) is 23.8 Å². The highest BCUT2D eigenvalue weighted by Gasteiger charge is 2.13. The molecule has 19 heavy (non-hydrogen) atoms. The molecule has 0 radical (unpaired) electrons. The molecule has 4 nitrogen and oxygen atoms in total. The first kappa shape index (κ1) is 15.7. The van der Waals surface area contributed by atoms with Gasteiger partial charge in [-0.1, -0.05) is 6.92 Å². The molecule has 1 aromatic rings. The molecule has 0 saturated heterocycles. The van der Waals surface area contributed by atoms with E-state index in [0.717, 1.165) is 18.7 Å². The van der Waals surface area contributed by atoms with Gasteiger partial charge < -0.3 is 16.0 Å². The Morgan fingerprint density at radius 1 is 1.47 bits per heavy atom. The summed E-state index contributed by atoms with van der Waals surface area (Å²) in [6, 6.07) is 5.35. The van der Waals surface area contributed by atoms with Crippen LogP contribution in [0.25, 0.3) is 0 Å². The molecule has 0 spiro atoms. The molecule has 106 valence electrons. The lowest BCUT2D eigenvalue weighted by Gasteiger charge is -2.17. The fourth-order valence-electron chi connectivity index (χ4n) is 1.66. The predicted molar refractivity (Wildman–Crippen MR) is 85.0 cm³/mol. The first-order valence-corrected chi connectivity index (χ1v) is 7.62. The fourth-order valence-corrected chi connectivity index (χ4v) is 2.02. The van der Waals surface area contributed by atoms with E-state index >= 15 is 0 Å². The summed E-state index contributed by atoms with van der Waals surface area (Å²) in [5.41, 5.74) is 7.93. The molecule has 0 saturated carbocycles. The van der Waals surface area contributed by atoms with Crippen LogP contribution in [0, 0.1) is 0 Å². The Morgan fingerprint density at radius 2 is 2.16 bits per heavy atom. The summed E-state index contributed by atoms with van der Waals surface area (Å²) in [4.78, 5) is 13.6. The number of benzene rings is 1. The molecule has 0 fully saturated rings. The van der Waals surface area contributed by atoms with Gasteiger partial charge >= 0.3 is 0 Å². The first-order valence-electron chi connectivity index (χ1n) is 6.33. The number of nitrogens with zero attached hydrogens (tertiary/aromatic N) is 1. The summed E-state index contributed by atoms with van der Waals surface area (Å²) in [7, 11) is 3.50. The third-order valence-electron chi connectivity index (χ3n) is 2.95. The van der Waals surface area contributed by atoms with E-state index < -0.39 is 0 Å². The van der Waals surface area contributed by atoms with E-state index in [9.17, 15) is 4.79 Å². The molecular weight excluding hydrogens is 258 g/mol. The predicted octanol–water partition coefficient (Wildman–Crippen LogP) is 2.52. The van der Waals surface area contributed by atoms with E-state index in [1.165, 1.54) is 0 Å². The second-order valence-electron chi connectivity index (χ2n) is 4.77. The number of amides is 1. The molecule has 0 heterocycles. The zero-order valence-electron chi connectivity index (χ0n) is 12.1. The second kappa shape index (κ2) is 7.28. The maximum atomic E-state index is 12.1. The minimum absolute atomic E-state index is 0.0135. The lowest BCUT2D eigenvalue weighted by molar-refractivity contribution is 0.0828. The molecule has 1 amide bonds. The molecular formula is C14H23N3OS. The number of anilines is 2. The van der Waals surface area contributed by atoms with Gasteiger partial charge in [-0.2, -0.15) is 11.8 Å². The van der Waals surface area contributed by atoms with Gasteiger partial charge in [0.25, 0.3) is 5.91 Å². The molecule has 0 aromatic heterocycles. The summed E-state index contributed by atoms with van der Waals surface area (Å²) < 4.78 is 0. The number of nitrogens with two attached hydrogens (primary N) is 1. The molecule has 0 aliphatic heterocycles. The number of hydrogen-bond acceptors (Lipinski definition) is 4. The van der Waals surface area contributed by atoms with E-state index in [-0.39, 0.29) is 5.91 Å². The smallest absolute Gasteiger partial charge is 0.255 e. The highest BCUT2D eigenvalue weighted by Crippen LogP contribution is 2.21. The van der Waals surface area contributed by atoms with Gasteiger partial charge in [-0.25, -0.2) is 0 Å². The molecule has 1 rings (SSSR count). The van der Waals surface area contributed by atoms with Crippen LogP contribution in [0.1, 0.15) is 23.7 Å². The number of hydrogen-bond donors (Lipinski definition) is 2. The first-order chi connectivity index (χ1) is 8.95. The average molecular weight is 281 g/mol. The summed E-state index contributed by atoms with van der Waals surface area (Å²) in [5.74, 6) is -0.0135. The monoisotopic (exact) mass is 281 g/mol. The zero-order valence-corrected chi connectivity index (χ0v) is 12.9. The minimum Gasteiger partial charge on any atom is -0.399 e. The summed E-state index contributed by atoms with van der Waals surface area (Å²) in [6.07, 6.45) is 3.15. The van der Waals surface area contributed by atoms with Gasteiger partial charge in [-0.05, 0) is 30.9 Å². The van der Waals surface area contributed by atoms with Gasteiger partial charge in [0.05, 0.1) is 5.56 Å². The molecule has 1 aromatic carbocycles. The highest BCUT2D eigenvalue weighted by molar-refractivity contribution is 7.99. The maximum absolute atomic E-state index is 12.1. The maximum Gasteiger partial charge on any atom is 0.255 e. The zero-order chi connectivity index (χ0) is 14.4. The van der Waals surface area contributed by atoms with Gasteiger partial charge in [-0.15, -0.1) is 0 Å². The Hall–Kier alpha value is -1.36. The largest absolute Gasteiger partial charge is 0.399 e. The van der Waals surface area contributed by atoms with Crippen molar-refractivity contribution < 1.29 is 4.79 Å². The summed E-state index contributed by atoms with van der Waals surface area (Å²) in [5, 5.41) is 3.91. The third-order valence-corrected chi connectivity index (χ3v) is 3.99. The number of carbonyl (C=O) groups excluding carboxylic acids is 1. The Morgan fingerprint density at radius 3 is 2.74 bits per heavy atom. The highest BCUT2D eigenvalue weighted by atomic mass is 32.2. The van der Waals surface area contributed by atoms with Crippen molar-refractivity contribution in [1.29, 1.82) is 0 Å². The van der Waals surface area contributed by atoms with E-state index in [1.54, 1.807) is 31.1 Å². The van der Waals surface area contributed by atoms with Crippen LogP contribution in [0.5, 0.6) is 0 Å². The van der Waals surface area contributed by atoms with Crippen molar-refractivity contribution in [3.63, 3.8) is 0 Å². The molecule has 1 atom stereocenters. The molecule has 1 unspecified atom stereocenters. The van der Waals surface area contributed by atoms with Crippen molar-refractivity contribution in [3.8, 4) is 0 Å². The molecule has 0 bridgehead atoms. The van der Waals surface area contributed by atoms with Crippen molar-refractivity contribution in [2.45, 2.75) is 18.6 Å². The summed E-state index contributed by atoms with van der Waals surface area (Å²) >= 11 is 1.84. The van der Waals surface area contributed by atoms with Crippen molar-refractivity contribution >= 4 is 29.0 Å². The Kier molecular flexibility index (Phi) is 6.02. The Bertz CT molecular complexity index is 435. The van der Waals surface area contributed by atoms with Crippen LogP contribution in [0.15, 0.2) is 18.2 Å². The third kappa shape index (κ3) is 4.67. The number of carbonyl (C=O) groups is 1. The van der Waals surface area contributed by atoms with Crippen LogP contribution in [-0.4, -0.2) is 43.0 Å². The molecule has 5 heteroatoms. The average Bonchev–Trinajstić information content (AvgIpc) is 2.37. The molecule has 0 aliphatic carbocycles. The van der Waals surface area contributed by atoms with Crippen LogP contribution < -0.4 is 11.1 Å². The van der Waals surface area contributed by atoms with Crippen molar-refractivity contribution in [2.24, 2.45) is 0 Å². The van der Waals surface area contributed by atoms with Gasteiger partial charge in [0, 0.05) is 37.3 Å². The Labute approximate surface area is 119 Å². The van der Waals surface area contributed by atoms with Gasteiger partial charge in [-0.3, -0.25) is 4.79 Å². The van der Waals surface area contributed by atoms with Crippen LogP contribution in [0.4, 0.5) is 11.4 Å². The number of nitrogen functional groups attached to an aromatic ring is 1. The van der Waals surface area contributed by atoms with Crippen LogP contribution in [-0.2, 0) is 0 Å². The normalized spacial score (nSPS) is 12.0.